The van der Waals surface area contributed by atoms with Gasteiger partial charge in [-0.1, -0.05) is 23.7 Å². The lowest BCUT2D eigenvalue weighted by molar-refractivity contribution is 0.102. The number of thiophene rings is 1. The largest absolute Gasteiger partial charge is 0.307 e. The van der Waals surface area contributed by atoms with Crippen molar-refractivity contribution in [3.05, 3.63) is 58.4 Å². The van der Waals surface area contributed by atoms with Gasteiger partial charge in [0.1, 0.15) is 11.5 Å². The minimum atomic E-state index is -0.210. The van der Waals surface area contributed by atoms with Crippen LogP contribution in [0.25, 0.3) is 10.6 Å². The molecule has 3 rings (SSSR count). The van der Waals surface area contributed by atoms with E-state index in [1.165, 1.54) is 0 Å². The molecule has 3 aromatic rings. The Morgan fingerprint density at radius 1 is 1.29 bits per heavy atom. The van der Waals surface area contributed by atoms with Gasteiger partial charge in [0.25, 0.3) is 5.91 Å². The number of nitrogens with one attached hydrogen (secondary N) is 1. The quantitative estimate of drug-likeness (QED) is 0.792. The Labute approximate surface area is 131 Å². The van der Waals surface area contributed by atoms with Crippen LogP contribution in [-0.4, -0.2) is 15.7 Å². The Balaban J connectivity index is 1.84. The summed E-state index contributed by atoms with van der Waals surface area (Å²) < 4.78 is 1.65. The summed E-state index contributed by atoms with van der Waals surface area (Å²) in [5.74, 6) is 0.432. The maximum Gasteiger partial charge on any atom is 0.256 e. The topological polar surface area (TPSA) is 46.9 Å². The third-order valence-corrected chi connectivity index (χ3v) is 4.11. The second-order valence-electron chi connectivity index (χ2n) is 4.48. The summed E-state index contributed by atoms with van der Waals surface area (Å²) in [5.41, 5.74) is 1.36. The number of hydrogen-bond acceptors (Lipinski definition) is 3. The van der Waals surface area contributed by atoms with Gasteiger partial charge >= 0.3 is 0 Å². The van der Waals surface area contributed by atoms with Gasteiger partial charge in [-0.2, -0.15) is 5.10 Å². The first-order valence-electron chi connectivity index (χ1n) is 6.28. The van der Waals surface area contributed by atoms with Gasteiger partial charge < -0.3 is 5.32 Å². The molecule has 1 amide bonds. The predicted molar refractivity (Wildman–Crippen MR) is 85.9 cm³/mol. The molecule has 0 radical (unpaired) electrons. The Bertz CT molecular complexity index is 780. The maximum atomic E-state index is 12.2. The predicted octanol–water partition coefficient (Wildman–Crippen LogP) is 4.05. The minimum absolute atomic E-state index is 0.210. The van der Waals surface area contributed by atoms with Crippen LogP contribution in [0, 0.1) is 0 Å². The van der Waals surface area contributed by atoms with Crippen LogP contribution in [0.1, 0.15) is 10.4 Å². The number of anilines is 1. The molecule has 0 unspecified atom stereocenters. The molecule has 4 nitrogen and oxygen atoms in total. The molecule has 0 atom stereocenters. The molecular formula is C15H12ClN3OS. The van der Waals surface area contributed by atoms with Gasteiger partial charge in [-0.3, -0.25) is 9.48 Å². The van der Waals surface area contributed by atoms with E-state index < -0.39 is 0 Å². The van der Waals surface area contributed by atoms with Crippen molar-refractivity contribution in [3.8, 4) is 10.6 Å². The summed E-state index contributed by atoms with van der Waals surface area (Å²) in [7, 11) is 1.80. The zero-order chi connectivity index (χ0) is 14.8. The molecule has 2 aromatic heterocycles. The van der Waals surface area contributed by atoms with Crippen LogP contribution >= 0.6 is 22.9 Å². The SMILES string of the molecule is Cn1nc(-c2cccs2)cc1NC(=O)c1cccc(Cl)c1. The number of amides is 1. The summed E-state index contributed by atoms with van der Waals surface area (Å²) in [5, 5.41) is 9.78. The summed E-state index contributed by atoms with van der Waals surface area (Å²) in [6.45, 7) is 0. The number of aryl methyl sites for hydroxylation is 1. The van der Waals surface area contributed by atoms with E-state index in [0.29, 0.717) is 16.4 Å². The summed E-state index contributed by atoms with van der Waals surface area (Å²) in [6.07, 6.45) is 0. The zero-order valence-corrected chi connectivity index (χ0v) is 12.8. The van der Waals surface area contributed by atoms with Crippen LogP contribution in [0.5, 0.6) is 0 Å². The lowest BCUT2D eigenvalue weighted by Gasteiger charge is -2.05. The van der Waals surface area contributed by atoms with Crippen LogP contribution in [0.15, 0.2) is 47.8 Å². The highest BCUT2D eigenvalue weighted by atomic mass is 35.5. The van der Waals surface area contributed by atoms with E-state index in [-0.39, 0.29) is 5.91 Å². The number of benzene rings is 1. The van der Waals surface area contributed by atoms with Crippen LogP contribution in [0.4, 0.5) is 5.82 Å². The molecule has 1 N–H and O–H groups in total. The first-order valence-corrected chi connectivity index (χ1v) is 7.54. The molecule has 6 heteroatoms. The molecule has 106 valence electrons. The third-order valence-electron chi connectivity index (χ3n) is 2.98. The second-order valence-corrected chi connectivity index (χ2v) is 5.86. The van der Waals surface area contributed by atoms with Crippen LogP contribution in [0.3, 0.4) is 0 Å². The molecule has 2 heterocycles. The lowest BCUT2D eigenvalue weighted by Crippen LogP contribution is -2.14. The summed E-state index contributed by atoms with van der Waals surface area (Å²) in [6, 6.07) is 12.7. The van der Waals surface area contributed by atoms with Gasteiger partial charge in [0.15, 0.2) is 0 Å². The fraction of sp³-hybridized carbons (Fsp3) is 0.0667. The van der Waals surface area contributed by atoms with E-state index in [0.717, 1.165) is 10.6 Å². The fourth-order valence-electron chi connectivity index (χ4n) is 1.95. The number of halogens is 1. The number of carbonyl (C=O) groups excluding carboxylic acids is 1. The average Bonchev–Trinajstić information content (AvgIpc) is 3.09. The molecule has 0 fully saturated rings. The van der Waals surface area contributed by atoms with Crippen LogP contribution in [-0.2, 0) is 7.05 Å². The molecule has 0 aliphatic carbocycles. The van der Waals surface area contributed by atoms with E-state index in [9.17, 15) is 4.79 Å². The minimum Gasteiger partial charge on any atom is -0.307 e. The van der Waals surface area contributed by atoms with Gasteiger partial charge in [0.05, 0.1) is 4.88 Å². The Morgan fingerprint density at radius 2 is 2.14 bits per heavy atom. The van der Waals surface area contributed by atoms with Crippen LogP contribution in [0.2, 0.25) is 5.02 Å². The lowest BCUT2D eigenvalue weighted by atomic mass is 10.2. The van der Waals surface area contributed by atoms with Gasteiger partial charge in [0.2, 0.25) is 0 Å². The maximum absolute atomic E-state index is 12.2. The molecule has 0 saturated heterocycles. The highest BCUT2D eigenvalue weighted by Gasteiger charge is 2.12. The Hall–Kier alpha value is -2.11. The van der Waals surface area contributed by atoms with E-state index in [1.807, 2.05) is 23.6 Å². The molecule has 0 bridgehead atoms. The Kier molecular flexibility index (Phi) is 3.77. The zero-order valence-electron chi connectivity index (χ0n) is 11.2. The van der Waals surface area contributed by atoms with Crippen molar-refractivity contribution in [2.75, 3.05) is 5.32 Å². The second kappa shape index (κ2) is 5.71. The molecule has 0 aliphatic heterocycles. The van der Waals surface area contributed by atoms with Crippen molar-refractivity contribution >= 4 is 34.7 Å². The fourth-order valence-corrected chi connectivity index (χ4v) is 2.82. The third kappa shape index (κ3) is 2.99. The number of aromatic nitrogens is 2. The highest BCUT2D eigenvalue weighted by Crippen LogP contribution is 2.25. The van der Waals surface area contributed by atoms with Crippen molar-refractivity contribution < 1.29 is 4.79 Å². The number of nitrogens with zero attached hydrogens (tertiary/aromatic N) is 2. The van der Waals surface area contributed by atoms with Crippen molar-refractivity contribution in [3.63, 3.8) is 0 Å². The van der Waals surface area contributed by atoms with E-state index in [1.54, 1.807) is 47.3 Å². The monoisotopic (exact) mass is 317 g/mol. The van der Waals surface area contributed by atoms with E-state index >= 15 is 0 Å². The summed E-state index contributed by atoms with van der Waals surface area (Å²) >= 11 is 7.51. The van der Waals surface area contributed by atoms with E-state index in [4.69, 9.17) is 11.6 Å². The van der Waals surface area contributed by atoms with Gasteiger partial charge in [0, 0.05) is 23.7 Å². The first kappa shape index (κ1) is 13.9. The van der Waals surface area contributed by atoms with Gasteiger partial charge in [-0.15, -0.1) is 11.3 Å². The smallest absolute Gasteiger partial charge is 0.256 e. The van der Waals surface area contributed by atoms with Crippen molar-refractivity contribution in [1.29, 1.82) is 0 Å². The Morgan fingerprint density at radius 3 is 2.86 bits per heavy atom. The molecule has 0 aliphatic rings. The standard InChI is InChI=1S/C15H12ClN3OS/c1-19-14(9-12(18-19)13-6-3-7-21-13)17-15(20)10-4-2-5-11(16)8-10/h2-9H,1H3,(H,17,20). The number of rotatable bonds is 3. The van der Waals surface area contributed by atoms with Crippen molar-refractivity contribution in [2.24, 2.45) is 7.05 Å². The normalized spacial score (nSPS) is 10.6. The highest BCUT2D eigenvalue weighted by molar-refractivity contribution is 7.13. The number of hydrogen-bond donors (Lipinski definition) is 1. The van der Waals surface area contributed by atoms with Crippen molar-refractivity contribution in [1.82, 2.24) is 9.78 Å². The number of carbonyl (C=O) groups is 1. The molecule has 0 saturated carbocycles. The molecule has 21 heavy (non-hydrogen) atoms. The van der Waals surface area contributed by atoms with Crippen LogP contribution < -0.4 is 5.32 Å². The van der Waals surface area contributed by atoms with Gasteiger partial charge in [-0.05, 0) is 29.6 Å². The average molecular weight is 318 g/mol. The molecular weight excluding hydrogens is 306 g/mol. The summed E-state index contributed by atoms with van der Waals surface area (Å²) in [4.78, 5) is 13.3. The molecule has 0 spiro atoms. The molecule has 1 aromatic carbocycles. The first-order chi connectivity index (χ1) is 10.1. The van der Waals surface area contributed by atoms with Gasteiger partial charge in [-0.25, -0.2) is 0 Å². The van der Waals surface area contributed by atoms with Crippen molar-refractivity contribution in [2.45, 2.75) is 0 Å². The van der Waals surface area contributed by atoms with E-state index in [2.05, 4.69) is 10.4 Å².